The molecule has 1 saturated heterocycles. The molecule has 2 aliphatic rings. The maximum atomic E-state index is 12.3. The molecule has 1 fully saturated rings. The van der Waals surface area contributed by atoms with Crippen molar-refractivity contribution in [1.29, 1.82) is 0 Å². The maximum Gasteiger partial charge on any atom is 0.410 e. The molecule has 1 aromatic rings. The van der Waals surface area contributed by atoms with Crippen LogP contribution in [0.5, 0.6) is 0 Å². The van der Waals surface area contributed by atoms with Crippen molar-refractivity contribution in [3.63, 3.8) is 0 Å². The maximum absolute atomic E-state index is 12.3. The molecule has 3 rings (SSSR count). The summed E-state index contributed by atoms with van der Waals surface area (Å²) in [5.41, 5.74) is 1.92. The summed E-state index contributed by atoms with van der Waals surface area (Å²) in [5.74, 6) is 0.923. The first-order valence-electron chi connectivity index (χ1n) is 10.0. The number of fused-ring (bicyclic) bond motifs is 1. The predicted octanol–water partition coefficient (Wildman–Crippen LogP) is 3.22. The number of carbonyl (C=O) groups excluding carboxylic acids is 1. The van der Waals surface area contributed by atoms with Gasteiger partial charge in [0.25, 0.3) is 0 Å². The van der Waals surface area contributed by atoms with E-state index in [-0.39, 0.29) is 36.1 Å². The molecule has 162 valence electrons. The fourth-order valence-electron chi connectivity index (χ4n) is 3.38. The third-order valence-electron chi connectivity index (χ3n) is 4.80. The Labute approximate surface area is 190 Å². The summed E-state index contributed by atoms with van der Waals surface area (Å²) in [6.07, 6.45) is -0.235. The van der Waals surface area contributed by atoms with E-state index in [4.69, 9.17) is 9.47 Å². The Balaban J connectivity index is 0.00000300. The van der Waals surface area contributed by atoms with E-state index in [9.17, 15) is 4.79 Å². The fourth-order valence-corrected chi connectivity index (χ4v) is 3.38. The monoisotopic (exact) mass is 516 g/mol. The number of ether oxygens (including phenoxy) is 2. The van der Waals surface area contributed by atoms with Crippen molar-refractivity contribution in [1.82, 2.24) is 15.1 Å². The molecule has 0 saturated carbocycles. The largest absolute Gasteiger partial charge is 0.444 e. The molecule has 0 spiro atoms. The van der Waals surface area contributed by atoms with E-state index in [1.807, 2.05) is 27.7 Å². The van der Waals surface area contributed by atoms with Crippen LogP contribution in [-0.4, -0.2) is 66.3 Å². The van der Waals surface area contributed by atoms with Gasteiger partial charge < -0.3 is 24.6 Å². The van der Waals surface area contributed by atoms with E-state index < -0.39 is 5.60 Å². The number of aliphatic imine (C=N–C) groups is 1. The first kappa shape index (κ1) is 23.7. The number of amides is 1. The van der Waals surface area contributed by atoms with Crippen LogP contribution in [0.4, 0.5) is 4.79 Å². The van der Waals surface area contributed by atoms with E-state index in [1.54, 1.807) is 4.90 Å². The van der Waals surface area contributed by atoms with Crippen LogP contribution in [0.2, 0.25) is 0 Å². The van der Waals surface area contributed by atoms with Crippen LogP contribution in [0, 0.1) is 0 Å². The number of halogens is 1. The zero-order valence-electron chi connectivity index (χ0n) is 17.8. The number of benzene rings is 1. The van der Waals surface area contributed by atoms with E-state index in [0.717, 1.165) is 25.7 Å². The van der Waals surface area contributed by atoms with E-state index in [2.05, 4.69) is 39.5 Å². The summed E-state index contributed by atoms with van der Waals surface area (Å²) >= 11 is 0. The minimum Gasteiger partial charge on any atom is -0.444 e. The van der Waals surface area contributed by atoms with Gasteiger partial charge in [-0.25, -0.2) is 4.79 Å². The first-order chi connectivity index (χ1) is 13.4. The van der Waals surface area contributed by atoms with Gasteiger partial charge >= 0.3 is 6.09 Å². The van der Waals surface area contributed by atoms with Gasteiger partial charge in [0.2, 0.25) is 0 Å². The Morgan fingerprint density at radius 1 is 1.21 bits per heavy atom. The molecule has 0 bridgehead atoms. The van der Waals surface area contributed by atoms with Gasteiger partial charge in [-0.3, -0.25) is 4.99 Å². The number of hydrogen-bond acceptors (Lipinski definition) is 6. The summed E-state index contributed by atoms with van der Waals surface area (Å²) in [4.78, 5) is 21.0. The van der Waals surface area contributed by atoms with Crippen LogP contribution in [0.25, 0.3) is 0 Å². The van der Waals surface area contributed by atoms with Gasteiger partial charge in [-0.2, -0.15) is 0 Å². The summed E-state index contributed by atoms with van der Waals surface area (Å²) in [5, 5.41) is 3.45. The normalized spacial score (nSPS) is 18.6. The smallest absolute Gasteiger partial charge is 0.410 e. The molecule has 0 aliphatic carbocycles. The molecular formula is C21H33IN4O3. The molecule has 0 aromatic heterocycles. The van der Waals surface area contributed by atoms with Gasteiger partial charge in [0, 0.05) is 32.8 Å². The standard InChI is InChI=1S/C21H32N4O3.HI/c1-5-27-15-17-8-6-16(7-9-17)12-22-19-23-13-18-14-24(10-11-25(18)19)20(26)28-21(2,3)4;/h6-9,18H,5,10-15H2,1-4H3,(H,22,23);1H. The molecular weight excluding hydrogens is 483 g/mol. The van der Waals surface area contributed by atoms with Crippen LogP contribution >= 0.6 is 24.0 Å². The lowest BCUT2D eigenvalue weighted by molar-refractivity contribution is 0.0137. The van der Waals surface area contributed by atoms with Crippen LogP contribution < -0.4 is 5.32 Å². The Hall–Kier alpha value is -1.55. The van der Waals surface area contributed by atoms with Gasteiger partial charge in [-0.05, 0) is 38.8 Å². The van der Waals surface area contributed by atoms with Gasteiger partial charge in [-0.1, -0.05) is 24.3 Å². The van der Waals surface area contributed by atoms with Crippen molar-refractivity contribution in [2.45, 2.75) is 52.5 Å². The number of nitrogens with zero attached hydrogens (tertiary/aromatic N) is 3. The SMILES string of the molecule is CCOCc1ccc(CNC2=NCC3CN(C(=O)OC(C)(C)C)CCN23)cc1.I. The Bertz CT molecular complexity index is 703. The zero-order valence-corrected chi connectivity index (χ0v) is 20.1. The second kappa shape index (κ2) is 10.5. The zero-order chi connectivity index (χ0) is 20.1. The molecule has 0 radical (unpaired) electrons. The molecule has 1 atom stereocenters. The highest BCUT2D eigenvalue weighted by Crippen LogP contribution is 2.19. The van der Waals surface area contributed by atoms with Crippen molar-refractivity contribution in [2.24, 2.45) is 4.99 Å². The number of piperazine rings is 1. The number of hydrogen-bond donors (Lipinski definition) is 1. The minimum absolute atomic E-state index is 0. The molecule has 2 heterocycles. The predicted molar refractivity (Wildman–Crippen MR) is 125 cm³/mol. The molecule has 2 aliphatic heterocycles. The Kier molecular flexibility index (Phi) is 8.57. The van der Waals surface area contributed by atoms with Crippen molar-refractivity contribution < 1.29 is 14.3 Å². The quantitative estimate of drug-likeness (QED) is 0.609. The van der Waals surface area contributed by atoms with Crippen molar-refractivity contribution in [3.8, 4) is 0 Å². The second-order valence-corrected chi connectivity index (χ2v) is 8.25. The van der Waals surface area contributed by atoms with Crippen LogP contribution in [0.15, 0.2) is 29.3 Å². The highest BCUT2D eigenvalue weighted by atomic mass is 127. The highest BCUT2D eigenvalue weighted by Gasteiger charge is 2.36. The first-order valence-corrected chi connectivity index (χ1v) is 10.0. The Morgan fingerprint density at radius 2 is 1.90 bits per heavy atom. The number of rotatable bonds is 5. The van der Waals surface area contributed by atoms with E-state index in [1.165, 1.54) is 11.1 Å². The fraction of sp³-hybridized carbons (Fsp3) is 0.619. The summed E-state index contributed by atoms with van der Waals surface area (Å²) < 4.78 is 10.9. The lowest BCUT2D eigenvalue weighted by atomic mass is 10.1. The third kappa shape index (κ3) is 6.74. The molecule has 1 N–H and O–H groups in total. The average Bonchev–Trinajstić information content (AvgIpc) is 3.06. The number of nitrogens with one attached hydrogen (secondary N) is 1. The van der Waals surface area contributed by atoms with Crippen molar-refractivity contribution in [3.05, 3.63) is 35.4 Å². The topological polar surface area (TPSA) is 66.4 Å². The van der Waals surface area contributed by atoms with Crippen LogP contribution in [0.3, 0.4) is 0 Å². The second-order valence-electron chi connectivity index (χ2n) is 8.25. The average molecular weight is 516 g/mol. The highest BCUT2D eigenvalue weighted by molar-refractivity contribution is 14.0. The molecule has 1 unspecified atom stereocenters. The van der Waals surface area contributed by atoms with Crippen LogP contribution in [-0.2, 0) is 22.6 Å². The minimum atomic E-state index is -0.467. The molecule has 1 aromatic carbocycles. The van der Waals surface area contributed by atoms with Crippen molar-refractivity contribution >= 4 is 36.0 Å². The molecule has 7 nitrogen and oxygen atoms in total. The lowest BCUT2D eigenvalue weighted by Crippen LogP contribution is -2.57. The lowest BCUT2D eigenvalue weighted by Gasteiger charge is -2.39. The van der Waals surface area contributed by atoms with E-state index >= 15 is 0 Å². The van der Waals surface area contributed by atoms with Gasteiger partial charge in [0.05, 0.1) is 19.2 Å². The third-order valence-corrected chi connectivity index (χ3v) is 4.80. The summed E-state index contributed by atoms with van der Waals surface area (Å²) in [6.45, 7) is 12.6. The van der Waals surface area contributed by atoms with Gasteiger partial charge in [0.1, 0.15) is 5.60 Å². The Morgan fingerprint density at radius 3 is 2.55 bits per heavy atom. The van der Waals surface area contributed by atoms with Crippen molar-refractivity contribution in [2.75, 3.05) is 32.8 Å². The summed E-state index contributed by atoms with van der Waals surface area (Å²) in [6, 6.07) is 8.66. The van der Waals surface area contributed by atoms with Gasteiger partial charge in [-0.15, -0.1) is 24.0 Å². The molecule has 29 heavy (non-hydrogen) atoms. The molecule has 8 heteroatoms. The number of guanidine groups is 1. The number of carbonyl (C=O) groups is 1. The van der Waals surface area contributed by atoms with Crippen LogP contribution in [0.1, 0.15) is 38.8 Å². The molecule has 1 amide bonds. The summed E-state index contributed by atoms with van der Waals surface area (Å²) in [7, 11) is 0. The van der Waals surface area contributed by atoms with E-state index in [0.29, 0.717) is 26.2 Å². The van der Waals surface area contributed by atoms with Gasteiger partial charge in [0.15, 0.2) is 5.96 Å².